The second-order valence-electron chi connectivity index (χ2n) is 8.09. The zero-order valence-corrected chi connectivity index (χ0v) is 17.4. The van der Waals surface area contributed by atoms with Crippen molar-refractivity contribution in [2.24, 2.45) is 0 Å². The topological polar surface area (TPSA) is 105 Å². The summed E-state index contributed by atoms with van der Waals surface area (Å²) >= 11 is 0. The first-order chi connectivity index (χ1) is 15.4. The van der Waals surface area contributed by atoms with E-state index in [1.807, 2.05) is 0 Å². The van der Waals surface area contributed by atoms with Gasteiger partial charge in [0.25, 0.3) is 17.7 Å². The van der Waals surface area contributed by atoms with Gasteiger partial charge in [-0.2, -0.15) is 0 Å². The van der Waals surface area contributed by atoms with Crippen LogP contribution in [0.2, 0.25) is 0 Å². The number of unbranched alkanes of at least 4 members (excludes halogenated alkanes) is 1. The number of carbonyl (C=O) groups is 4. The summed E-state index contributed by atoms with van der Waals surface area (Å²) in [5.41, 5.74) is 0.214. The van der Waals surface area contributed by atoms with Gasteiger partial charge in [-0.1, -0.05) is 18.2 Å². The largest absolute Gasteiger partial charge is 0.454 e. The Kier molecular flexibility index (Phi) is 4.61. The highest BCUT2D eigenvalue weighted by atomic mass is 16.7. The molecule has 164 valence electrons. The van der Waals surface area contributed by atoms with E-state index < -0.39 is 11.6 Å². The lowest BCUT2D eigenvalue weighted by Gasteiger charge is -2.22. The number of carbonyl (C=O) groups excluding carboxylic acids is 4. The molecule has 0 aliphatic carbocycles. The third-order valence-corrected chi connectivity index (χ3v) is 6.12. The predicted molar refractivity (Wildman–Crippen MR) is 111 cm³/mol. The summed E-state index contributed by atoms with van der Waals surface area (Å²) in [6.07, 6.45) is 0.938. The maximum Gasteiger partial charge on any atom is 0.325 e. The number of rotatable bonds is 6. The molecule has 2 aromatic rings. The van der Waals surface area contributed by atoms with Crippen LogP contribution in [0.15, 0.2) is 42.5 Å². The molecule has 0 unspecified atom stereocenters. The van der Waals surface area contributed by atoms with Crippen molar-refractivity contribution in [3.05, 3.63) is 59.2 Å². The zero-order chi connectivity index (χ0) is 22.5. The Labute approximate surface area is 183 Å². The number of nitrogens with zero attached hydrogens (tertiary/aromatic N) is 2. The molecule has 0 spiro atoms. The third kappa shape index (κ3) is 3.00. The highest BCUT2D eigenvalue weighted by Gasteiger charge is 2.49. The molecule has 1 atom stereocenters. The number of hydrogen-bond donors (Lipinski definition) is 1. The van der Waals surface area contributed by atoms with Crippen LogP contribution in [0.4, 0.5) is 4.79 Å². The molecule has 3 aliphatic heterocycles. The van der Waals surface area contributed by atoms with Gasteiger partial charge >= 0.3 is 6.03 Å². The number of benzene rings is 2. The van der Waals surface area contributed by atoms with Gasteiger partial charge in [-0.25, -0.2) is 4.79 Å². The van der Waals surface area contributed by atoms with E-state index in [1.54, 1.807) is 49.4 Å². The number of imide groups is 2. The molecule has 9 heteroatoms. The van der Waals surface area contributed by atoms with Gasteiger partial charge < -0.3 is 14.8 Å². The quantitative estimate of drug-likeness (QED) is 0.424. The minimum Gasteiger partial charge on any atom is -0.454 e. The van der Waals surface area contributed by atoms with Crippen molar-refractivity contribution >= 4 is 23.8 Å². The van der Waals surface area contributed by atoms with Crippen molar-refractivity contribution in [2.45, 2.75) is 25.3 Å². The lowest BCUT2D eigenvalue weighted by atomic mass is 9.91. The van der Waals surface area contributed by atoms with Crippen molar-refractivity contribution in [1.82, 2.24) is 15.1 Å². The molecule has 5 rings (SSSR count). The Morgan fingerprint density at radius 3 is 2.19 bits per heavy atom. The van der Waals surface area contributed by atoms with E-state index in [4.69, 9.17) is 9.47 Å². The summed E-state index contributed by atoms with van der Waals surface area (Å²) in [4.78, 5) is 52.9. The average Bonchev–Trinajstić information content (AvgIpc) is 3.42. The predicted octanol–water partition coefficient (Wildman–Crippen LogP) is 2.26. The van der Waals surface area contributed by atoms with Gasteiger partial charge in [0.05, 0.1) is 11.1 Å². The van der Waals surface area contributed by atoms with Crippen molar-refractivity contribution in [3.8, 4) is 11.5 Å². The molecule has 1 N–H and O–H groups in total. The monoisotopic (exact) mass is 435 g/mol. The Morgan fingerprint density at radius 1 is 0.875 bits per heavy atom. The average molecular weight is 435 g/mol. The highest BCUT2D eigenvalue weighted by Crippen LogP contribution is 2.37. The molecular weight excluding hydrogens is 414 g/mol. The van der Waals surface area contributed by atoms with Gasteiger partial charge in [0.1, 0.15) is 5.54 Å². The Bertz CT molecular complexity index is 1130. The number of fused-ring (bicyclic) bond motifs is 2. The van der Waals surface area contributed by atoms with E-state index in [2.05, 4.69) is 5.32 Å². The SMILES string of the molecule is C[C@]1(c2ccc3c(c2)OCO3)NC(=O)N(CCCCN2C(=O)c3ccccc3C2=O)C1=O. The normalized spacial score (nSPS) is 21.4. The molecule has 0 radical (unpaired) electrons. The van der Waals surface area contributed by atoms with Crippen molar-refractivity contribution in [2.75, 3.05) is 19.9 Å². The maximum absolute atomic E-state index is 13.1. The summed E-state index contributed by atoms with van der Waals surface area (Å²) in [5, 5.41) is 2.77. The Balaban J connectivity index is 1.21. The molecule has 3 aliphatic rings. The second kappa shape index (κ2) is 7.37. The molecule has 3 heterocycles. The molecule has 0 aromatic heterocycles. The van der Waals surface area contributed by atoms with E-state index in [-0.39, 0.29) is 37.6 Å². The summed E-state index contributed by atoms with van der Waals surface area (Å²) in [7, 11) is 0. The van der Waals surface area contributed by atoms with E-state index in [9.17, 15) is 19.2 Å². The van der Waals surface area contributed by atoms with Crippen LogP contribution < -0.4 is 14.8 Å². The van der Waals surface area contributed by atoms with Gasteiger partial charge in [-0.3, -0.25) is 24.2 Å². The van der Waals surface area contributed by atoms with Crippen LogP contribution in [0, 0.1) is 0 Å². The van der Waals surface area contributed by atoms with E-state index in [1.165, 1.54) is 9.80 Å². The molecular formula is C23H21N3O6. The molecule has 1 saturated heterocycles. The number of hydrogen-bond acceptors (Lipinski definition) is 6. The molecule has 0 saturated carbocycles. The number of amides is 5. The standard InChI is InChI=1S/C23H21N3O6/c1-23(14-8-9-17-18(12-14)32-13-31-17)21(29)26(22(30)24-23)11-5-4-10-25-19(27)15-6-2-3-7-16(15)20(25)28/h2-3,6-9,12H,4-5,10-11,13H2,1H3,(H,24,30)/t23-/m1/s1. The van der Waals surface area contributed by atoms with Gasteiger partial charge in [0, 0.05) is 13.1 Å². The van der Waals surface area contributed by atoms with Crippen LogP contribution in [0.3, 0.4) is 0 Å². The first kappa shape index (κ1) is 20.0. The summed E-state index contributed by atoms with van der Waals surface area (Å²) in [6, 6.07) is 11.4. The molecule has 9 nitrogen and oxygen atoms in total. The van der Waals surface area contributed by atoms with Crippen LogP contribution in [-0.2, 0) is 10.3 Å². The summed E-state index contributed by atoms with van der Waals surface area (Å²) in [6.45, 7) is 2.20. The van der Waals surface area contributed by atoms with E-state index in [0.29, 0.717) is 41.0 Å². The van der Waals surface area contributed by atoms with Gasteiger partial charge in [-0.15, -0.1) is 0 Å². The first-order valence-electron chi connectivity index (χ1n) is 10.4. The first-order valence-corrected chi connectivity index (χ1v) is 10.4. The molecule has 1 fully saturated rings. The van der Waals surface area contributed by atoms with Crippen LogP contribution >= 0.6 is 0 Å². The van der Waals surface area contributed by atoms with Crippen LogP contribution in [0.5, 0.6) is 11.5 Å². The number of urea groups is 1. The van der Waals surface area contributed by atoms with Crippen molar-refractivity contribution < 1.29 is 28.7 Å². The minimum absolute atomic E-state index is 0.120. The lowest BCUT2D eigenvalue weighted by Crippen LogP contribution is -2.41. The smallest absolute Gasteiger partial charge is 0.325 e. The number of ether oxygens (including phenoxy) is 2. The fourth-order valence-electron chi connectivity index (χ4n) is 4.29. The maximum atomic E-state index is 13.1. The fraction of sp³-hybridized carbons (Fsp3) is 0.304. The van der Waals surface area contributed by atoms with Crippen molar-refractivity contribution in [1.29, 1.82) is 0 Å². The lowest BCUT2D eigenvalue weighted by molar-refractivity contribution is -0.131. The molecule has 5 amide bonds. The Hall–Kier alpha value is -3.88. The molecule has 32 heavy (non-hydrogen) atoms. The highest BCUT2D eigenvalue weighted by molar-refractivity contribution is 6.21. The van der Waals surface area contributed by atoms with Crippen LogP contribution in [0.1, 0.15) is 46.0 Å². The van der Waals surface area contributed by atoms with Crippen LogP contribution in [0.25, 0.3) is 0 Å². The van der Waals surface area contributed by atoms with E-state index in [0.717, 1.165) is 0 Å². The van der Waals surface area contributed by atoms with Gasteiger partial charge in [0.15, 0.2) is 11.5 Å². The molecule has 2 aromatic carbocycles. The zero-order valence-electron chi connectivity index (χ0n) is 17.4. The molecule has 0 bridgehead atoms. The third-order valence-electron chi connectivity index (χ3n) is 6.12. The van der Waals surface area contributed by atoms with E-state index >= 15 is 0 Å². The van der Waals surface area contributed by atoms with Gasteiger partial charge in [-0.05, 0) is 49.6 Å². The fourth-order valence-corrected chi connectivity index (χ4v) is 4.29. The number of nitrogens with one attached hydrogen (secondary N) is 1. The summed E-state index contributed by atoms with van der Waals surface area (Å²) < 4.78 is 10.7. The van der Waals surface area contributed by atoms with Crippen LogP contribution in [-0.4, -0.2) is 53.4 Å². The minimum atomic E-state index is -1.21. The second-order valence-corrected chi connectivity index (χ2v) is 8.09. The Morgan fingerprint density at radius 2 is 1.50 bits per heavy atom. The van der Waals surface area contributed by atoms with Crippen molar-refractivity contribution in [3.63, 3.8) is 0 Å². The van der Waals surface area contributed by atoms with Gasteiger partial charge in [0.2, 0.25) is 6.79 Å². The summed E-state index contributed by atoms with van der Waals surface area (Å²) in [5.74, 6) is 0.151.